The Hall–Kier alpha value is -5.58. The van der Waals surface area contributed by atoms with Crippen molar-refractivity contribution >= 4 is 58.9 Å². The van der Waals surface area contributed by atoms with E-state index in [9.17, 15) is 28.4 Å². The van der Waals surface area contributed by atoms with Crippen molar-refractivity contribution < 1.29 is 37.8 Å². The van der Waals surface area contributed by atoms with Crippen LogP contribution in [0.15, 0.2) is 55.0 Å². The molecule has 0 spiro atoms. The van der Waals surface area contributed by atoms with Crippen LogP contribution >= 0.6 is 23.2 Å². The lowest BCUT2D eigenvalue weighted by Gasteiger charge is -2.32. The first-order valence-electron chi connectivity index (χ1n) is 18.2. The zero-order valence-electron chi connectivity index (χ0n) is 31.2. The largest absolute Gasteiger partial charge is 0.484 e. The molecule has 0 bridgehead atoms. The van der Waals surface area contributed by atoms with Crippen molar-refractivity contribution in [2.45, 2.75) is 50.8 Å². The van der Waals surface area contributed by atoms with Crippen molar-refractivity contribution in [1.82, 2.24) is 35.2 Å². The van der Waals surface area contributed by atoms with Gasteiger partial charge in [-0.15, -0.1) is 0 Å². The fourth-order valence-electron chi connectivity index (χ4n) is 6.82. The van der Waals surface area contributed by atoms with Gasteiger partial charge in [-0.25, -0.2) is 9.37 Å². The summed E-state index contributed by atoms with van der Waals surface area (Å²) in [5.74, 6) is -1.90. The second kappa shape index (κ2) is 18.1. The van der Waals surface area contributed by atoms with Gasteiger partial charge in [-0.05, 0) is 62.6 Å². The maximum Gasteiger partial charge on any atom is 0.257 e. The predicted octanol–water partition coefficient (Wildman–Crippen LogP) is 4.64. The number of hydrogen-bond donors (Lipinski definition) is 3. The number of nitrogens with two attached hydrogens (primary N) is 1. The number of aromatic nitrogens is 3. The van der Waals surface area contributed by atoms with Gasteiger partial charge in [0, 0.05) is 79.3 Å². The van der Waals surface area contributed by atoms with E-state index in [-0.39, 0.29) is 64.1 Å². The SMILES string of the molecule is C[C@@H](Oc1cc(-c2cnn(C3CCN(CCNC(=O)COc4ccc(C=O)c(C(=O)N(C)C5CCC(=O)NC5=O)c4)CC3)c2)cnc1N)c1c(Cl)ccc(F)c1Cl. The Morgan fingerprint density at radius 2 is 1.89 bits per heavy atom. The van der Waals surface area contributed by atoms with E-state index in [0.29, 0.717) is 30.7 Å². The molecule has 6 rings (SSSR count). The first kappa shape index (κ1) is 41.1. The number of nitrogen functional groups attached to an aromatic ring is 1. The molecular formula is C39H41Cl2FN8O7. The maximum absolute atomic E-state index is 14.1. The summed E-state index contributed by atoms with van der Waals surface area (Å²) < 4.78 is 27.7. The van der Waals surface area contributed by atoms with Gasteiger partial charge in [0.15, 0.2) is 24.5 Å². The standard InChI is InChI=1S/C39H41Cl2FN8O7/c1-22(35-29(40)5-6-30(42)36(35)41)57-32-15-24(17-45-37(32)43)25-18-46-50(19-25)26-9-12-49(13-10-26)14-11-44-34(53)21-56-27-4-3-23(20-51)28(16-27)39(55)48(2)31-7-8-33(52)47-38(31)54/h3-6,15-20,22,26,31H,7-14,21H2,1-2H3,(H2,43,45)(H,44,53)(H,47,52,54)/t22-,31?/m1/s1. The predicted molar refractivity (Wildman–Crippen MR) is 209 cm³/mol. The van der Waals surface area contributed by atoms with Crippen LogP contribution in [0.2, 0.25) is 10.0 Å². The van der Waals surface area contributed by atoms with Gasteiger partial charge < -0.3 is 30.3 Å². The average Bonchev–Trinajstić information content (AvgIpc) is 3.70. The zero-order chi connectivity index (χ0) is 40.8. The van der Waals surface area contributed by atoms with Crippen molar-refractivity contribution in [2.75, 3.05) is 45.6 Å². The number of hydrogen-bond acceptors (Lipinski definition) is 11. The Bertz CT molecular complexity index is 2180. The number of pyridine rings is 1. The Kier molecular flexibility index (Phi) is 13.1. The van der Waals surface area contributed by atoms with Crippen LogP contribution < -0.4 is 25.8 Å². The minimum absolute atomic E-state index is 0.0110. The molecule has 4 aromatic rings. The number of ether oxygens (including phenoxy) is 2. The molecule has 2 aromatic heterocycles. The molecule has 4 amide bonds. The van der Waals surface area contributed by atoms with E-state index in [1.165, 1.54) is 42.3 Å². The van der Waals surface area contributed by atoms with Crippen molar-refractivity contribution in [1.29, 1.82) is 0 Å². The molecule has 2 fully saturated rings. The monoisotopic (exact) mass is 822 g/mol. The van der Waals surface area contributed by atoms with Gasteiger partial charge in [0.05, 0.1) is 22.8 Å². The van der Waals surface area contributed by atoms with E-state index in [1.54, 1.807) is 25.4 Å². The van der Waals surface area contributed by atoms with E-state index < -0.39 is 35.7 Å². The summed E-state index contributed by atoms with van der Waals surface area (Å²) in [6, 6.07) is 7.91. The number of nitrogens with one attached hydrogen (secondary N) is 2. The lowest BCUT2D eigenvalue weighted by Crippen LogP contribution is -2.53. The molecule has 1 unspecified atom stereocenters. The highest BCUT2D eigenvalue weighted by Gasteiger charge is 2.33. The lowest BCUT2D eigenvalue weighted by atomic mass is 10.0. The number of likely N-dealkylation sites (N-methyl/N-ethyl adjacent to an activating group) is 1. The number of amides is 4. The third kappa shape index (κ3) is 9.70. The number of nitrogens with zero attached hydrogens (tertiary/aromatic N) is 5. The maximum atomic E-state index is 14.1. The molecule has 0 aliphatic carbocycles. The van der Waals surface area contributed by atoms with Crippen LogP contribution in [0.1, 0.15) is 71.0 Å². The van der Waals surface area contributed by atoms with Crippen LogP contribution in [0.25, 0.3) is 11.1 Å². The fourth-order valence-corrected chi connectivity index (χ4v) is 7.49. The highest BCUT2D eigenvalue weighted by Crippen LogP contribution is 2.37. The molecule has 4 N–H and O–H groups in total. The number of imide groups is 1. The molecule has 300 valence electrons. The number of piperidine rings is 2. The van der Waals surface area contributed by atoms with Gasteiger partial charge in [0.25, 0.3) is 11.8 Å². The van der Waals surface area contributed by atoms with E-state index in [2.05, 4.69) is 25.6 Å². The molecule has 18 heteroatoms. The number of benzene rings is 2. The minimum atomic E-state index is -0.865. The van der Waals surface area contributed by atoms with Gasteiger partial charge in [-0.2, -0.15) is 5.10 Å². The number of aldehydes is 1. The third-order valence-electron chi connectivity index (χ3n) is 10.0. The van der Waals surface area contributed by atoms with Crippen LogP contribution in [0.5, 0.6) is 11.5 Å². The van der Waals surface area contributed by atoms with Crippen molar-refractivity contribution in [3.8, 4) is 22.6 Å². The third-order valence-corrected chi connectivity index (χ3v) is 10.8. The van der Waals surface area contributed by atoms with Crippen LogP contribution in [0, 0.1) is 5.82 Å². The highest BCUT2D eigenvalue weighted by molar-refractivity contribution is 6.36. The summed E-state index contributed by atoms with van der Waals surface area (Å²) in [5.41, 5.74) is 8.08. The second-order valence-electron chi connectivity index (χ2n) is 13.8. The molecule has 15 nitrogen and oxygen atoms in total. The Labute approximate surface area is 337 Å². The summed E-state index contributed by atoms with van der Waals surface area (Å²) in [5, 5.41) is 9.83. The highest BCUT2D eigenvalue weighted by atomic mass is 35.5. The van der Waals surface area contributed by atoms with E-state index >= 15 is 0 Å². The van der Waals surface area contributed by atoms with Gasteiger partial charge in [-0.3, -0.25) is 34.0 Å². The molecule has 2 saturated heterocycles. The minimum Gasteiger partial charge on any atom is -0.484 e. The van der Waals surface area contributed by atoms with E-state index in [0.717, 1.165) is 37.1 Å². The first-order chi connectivity index (χ1) is 27.3. The van der Waals surface area contributed by atoms with Crippen molar-refractivity contribution in [3.63, 3.8) is 0 Å². The topological polar surface area (TPSA) is 191 Å². The Balaban J connectivity index is 0.953. The normalized spacial score (nSPS) is 16.8. The number of halogens is 3. The number of rotatable bonds is 14. The zero-order valence-corrected chi connectivity index (χ0v) is 32.7. The number of carbonyl (C=O) groups excluding carboxylic acids is 5. The van der Waals surface area contributed by atoms with Gasteiger partial charge in [0.2, 0.25) is 11.8 Å². The van der Waals surface area contributed by atoms with Crippen LogP contribution in [-0.2, 0) is 14.4 Å². The summed E-state index contributed by atoms with van der Waals surface area (Å²) in [4.78, 5) is 69.1. The summed E-state index contributed by atoms with van der Waals surface area (Å²) in [7, 11) is 1.43. The molecular weight excluding hydrogens is 782 g/mol. The summed E-state index contributed by atoms with van der Waals surface area (Å²) in [6.45, 7) is 4.00. The molecule has 57 heavy (non-hydrogen) atoms. The Morgan fingerprint density at radius 3 is 2.63 bits per heavy atom. The van der Waals surface area contributed by atoms with Gasteiger partial charge in [0.1, 0.15) is 23.7 Å². The van der Waals surface area contributed by atoms with E-state index in [4.69, 9.17) is 38.4 Å². The van der Waals surface area contributed by atoms with Crippen molar-refractivity contribution in [3.05, 3.63) is 87.5 Å². The molecule has 2 aliphatic rings. The second-order valence-corrected chi connectivity index (χ2v) is 14.6. The molecule has 2 atom stereocenters. The molecule has 0 saturated carbocycles. The molecule has 4 heterocycles. The van der Waals surface area contributed by atoms with E-state index in [1.807, 2.05) is 10.9 Å². The fraction of sp³-hybridized carbons (Fsp3) is 0.359. The van der Waals surface area contributed by atoms with Crippen LogP contribution in [-0.4, -0.2) is 100 Å². The number of likely N-dealkylation sites (tertiary alicyclic amines) is 1. The number of carbonyl (C=O) groups is 5. The van der Waals surface area contributed by atoms with Gasteiger partial charge in [-0.1, -0.05) is 23.2 Å². The summed E-state index contributed by atoms with van der Waals surface area (Å²) in [6.07, 6.45) is 7.09. The Morgan fingerprint density at radius 1 is 1.12 bits per heavy atom. The van der Waals surface area contributed by atoms with Gasteiger partial charge >= 0.3 is 0 Å². The molecule has 2 aromatic carbocycles. The number of anilines is 1. The first-order valence-corrected chi connectivity index (χ1v) is 19.0. The van der Waals surface area contributed by atoms with Crippen molar-refractivity contribution in [2.24, 2.45) is 0 Å². The lowest BCUT2D eigenvalue weighted by molar-refractivity contribution is -0.136. The van der Waals surface area contributed by atoms with Crippen LogP contribution in [0.4, 0.5) is 10.2 Å². The summed E-state index contributed by atoms with van der Waals surface area (Å²) >= 11 is 12.5. The average molecular weight is 824 g/mol. The van der Waals surface area contributed by atoms with Crippen LogP contribution in [0.3, 0.4) is 0 Å². The molecule has 2 aliphatic heterocycles. The smallest absolute Gasteiger partial charge is 0.257 e. The molecule has 0 radical (unpaired) electrons. The quantitative estimate of drug-likeness (QED) is 0.0913.